The number of amides is 1. The Morgan fingerprint density at radius 3 is 2.61 bits per heavy atom. The highest BCUT2D eigenvalue weighted by atomic mass is 19.1. The van der Waals surface area contributed by atoms with Crippen molar-refractivity contribution in [3.05, 3.63) is 41.2 Å². The summed E-state index contributed by atoms with van der Waals surface area (Å²) in [4.78, 5) is 15.4. The van der Waals surface area contributed by atoms with E-state index in [2.05, 4.69) is 15.4 Å². The third-order valence-electron chi connectivity index (χ3n) is 2.74. The van der Waals surface area contributed by atoms with Crippen LogP contribution >= 0.6 is 0 Å². The Morgan fingerprint density at radius 1 is 1.39 bits per heavy atom. The normalized spacial score (nSPS) is 10.4. The molecule has 0 fully saturated rings. The Kier molecular flexibility index (Phi) is 3.10. The number of pyridine rings is 1. The smallest absolute Gasteiger partial charge is 0.257 e. The molecule has 0 bridgehead atoms. The maximum absolute atomic E-state index is 12.7. The maximum atomic E-state index is 12.7. The van der Waals surface area contributed by atoms with E-state index in [1.807, 2.05) is 13.8 Å². The SMILES string of the molecule is Cc1nn(C)c(C)c1NC(=O)c1ccc(F)nc1. The zero-order valence-electron chi connectivity index (χ0n) is 10.4. The molecule has 0 aliphatic carbocycles. The average Bonchev–Trinajstić information content (AvgIpc) is 2.57. The lowest BCUT2D eigenvalue weighted by Gasteiger charge is -2.05. The summed E-state index contributed by atoms with van der Waals surface area (Å²) in [5, 5.41) is 6.95. The van der Waals surface area contributed by atoms with Crippen molar-refractivity contribution in [3.8, 4) is 0 Å². The monoisotopic (exact) mass is 248 g/mol. The lowest BCUT2D eigenvalue weighted by atomic mass is 10.2. The first kappa shape index (κ1) is 12.2. The van der Waals surface area contributed by atoms with E-state index < -0.39 is 5.95 Å². The molecule has 0 aliphatic rings. The van der Waals surface area contributed by atoms with E-state index >= 15 is 0 Å². The van der Waals surface area contributed by atoms with E-state index in [1.165, 1.54) is 12.3 Å². The highest BCUT2D eigenvalue weighted by Crippen LogP contribution is 2.19. The van der Waals surface area contributed by atoms with Crippen LogP contribution in [0.15, 0.2) is 18.3 Å². The highest BCUT2D eigenvalue weighted by molar-refractivity contribution is 6.04. The number of hydrogen-bond donors (Lipinski definition) is 1. The zero-order chi connectivity index (χ0) is 13.3. The van der Waals surface area contributed by atoms with Crippen molar-refractivity contribution in [2.75, 3.05) is 5.32 Å². The first-order chi connectivity index (χ1) is 8.49. The number of rotatable bonds is 2. The van der Waals surface area contributed by atoms with Crippen LogP contribution in [0.5, 0.6) is 0 Å². The number of halogens is 1. The minimum absolute atomic E-state index is 0.305. The summed E-state index contributed by atoms with van der Waals surface area (Å²) in [5.74, 6) is -0.943. The Labute approximate surface area is 104 Å². The van der Waals surface area contributed by atoms with Crippen LogP contribution in [0.4, 0.5) is 10.1 Å². The maximum Gasteiger partial charge on any atom is 0.257 e. The molecule has 5 nitrogen and oxygen atoms in total. The number of carbonyl (C=O) groups excluding carboxylic acids is 1. The summed E-state index contributed by atoms with van der Waals surface area (Å²) in [6.45, 7) is 3.67. The van der Waals surface area contributed by atoms with Gasteiger partial charge >= 0.3 is 0 Å². The van der Waals surface area contributed by atoms with Crippen LogP contribution in [-0.4, -0.2) is 20.7 Å². The lowest BCUT2D eigenvalue weighted by molar-refractivity contribution is 0.102. The average molecular weight is 248 g/mol. The second-order valence-corrected chi connectivity index (χ2v) is 3.99. The summed E-state index contributed by atoms with van der Waals surface area (Å²) in [7, 11) is 1.80. The van der Waals surface area contributed by atoms with Gasteiger partial charge in [-0.05, 0) is 26.0 Å². The molecule has 0 aromatic carbocycles. The summed E-state index contributed by atoms with van der Waals surface area (Å²) in [5.41, 5.74) is 2.57. The molecule has 0 spiro atoms. The highest BCUT2D eigenvalue weighted by Gasteiger charge is 2.13. The van der Waals surface area contributed by atoms with Gasteiger partial charge in [0.05, 0.1) is 22.6 Å². The fourth-order valence-corrected chi connectivity index (χ4v) is 1.65. The molecule has 0 radical (unpaired) electrons. The van der Waals surface area contributed by atoms with Gasteiger partial charge in [0.25, 0.3) is 5.91 Å². The zero-order valence-corrected chi connectivity index (χ0v) is 10.4. The number of nitrogens with zero attached hydrogens (tertiary/aromatic N) is 3. The number of aryl methyl sites for hydroxylation is 2. The molecule has 2 rings (SSSR count). The molecule has 2 heterocycles. The predicted molar refractivity (Wildman–Crippen MR) is 64.8 cm³/mol. The Morgan fingerprint density at radius 2 is 2.11 bits per heavy atom. The molecule has 0 atom stereocenters. The summed E-state index contributed by atoms with van der Waals surface area (Å²) in [6, 6.07) is 2.54. The fraction of sp³-hybridized carbons (Fsp3) is 0.250. The van der Waals surface area contributed by atoms with E-state index in [0.29, 0.717) is 11.3 Å². The Hall–Kier alpha value is -2.24. The van der Waals surface area contributed by atoms with Crippen LogP contribution in [0.25, 0.3) is 0 Å². The van der Waals surface area contributed by atoms with Crippen molar-refractivity contribution < 1.29 is 9.18 Å². The lowest BCUT2D eigenvalue weighted by Crippen LogP contribution is -2.13. The van der Waals surface area contributed by atoms with Crippen molar-refractivity contribution in [1.29, 1.82) is 0 Å². The van der Waals surface area contributed by atoms with Gasteiger partial charge in [-0.1, -0.05) is 0 Å². The van der Waals surface area contributed by atoms with Gasteiger partial charge in [0.1, 0.15) is 0 Å². The summed E-state index contributed by atoms with van der Waals surface area (Å²) >= 11 is 0. The minimum atomic E-state index is -0.611. The molecule has 0 saturated carbocycles. The Balaban J connectivity index is 2.24. The molecule has 0 unspecified atom stereocenters. The van der Waals surface area contributed by atoms with Gasteiger partial charge in [-0.2, -0.15) is 9.49 Å². The molecule has 0 saturated heterocycles. The van der Waals surface area contributed by atoms with Crippen molar-refractivity contribution in [2.45, 2.75) is 13.8 Å². The number of nitrogens with one attached hydrogen (secondary N) is 1. The quantitative estimate of drug-likeness (QED) is 0.825. The first-order valence-corrected chi connectivity index (χ1v) is 5.42. The van der Waals surface area contributed by atoms with Gasteiger partial charge in [-0.15, -0.1) is 0 Å². The van der Waals surface area contributed by atoms with Crippen molar-refractivity contribution in [2.24, 2.45) is 7.05 Å². The van der Waals surface area contributed by atoms with Crippen LogP contribution in [0.3, 0.4) is 0 Å². The van der Waals surface area contributed by atoms with Crippen LogP contribution in [0, 0.1) is 19.8 Å². The Bertz CT molecular complexity index is 589. The molecule has 94 valence electrons. The molecule has 2 aromatic rings. The molecule has 18 heavy (non-hydrogen) atoms. The topological polar surface area (TPSA) is 59.8 Å². The van der Waals surface area contributed by atoms with Gasteiger partial charge < -0.3 is 5.32 Å². The molecule has 1 amide bonds. The number of carbonyl (C=O) groups is 1. The summed E-state index contributed by atoms with van der Waals surface area (Å²) in [6.07, 6.45) is 1.20. The van der Waals surface area contributed by atoms with Crippen molar-refractivity contribution in [3.63, 3.8) is 0 Å². The molecule has 6 heteroatoms. The van der Waals surface area contributed by atoms with Gasteiger partial charge in [-0.25, -0.2) is 4.98 Å². The second-order valence-electron chi connectivity index (χ2n) is 3.99. The van der Waals surface area contributed by atoms with Crippen LogP contribution in [-0.2, 0) is 7.05 Å². The van der Waals surface area contributed by atoms with Gasteiger partial charge in [0, 0.05) is 13.2 Å². The fourth-order valence-electron chi connectivity index (χ4n) is 1.65. The first-order valence-electron chi connectivity index (χ1n) is 5.42. The van der Waals surface area contributed by atoms with E-state index in [9.17, 15) is 9.18 Å². The van der Waals surface area contributed by atoms with E-state index in [1.54, 1.807) is 11.7 Å². The molecule has 2 aromatic heterocycles. The third-order valence-corrected chi connectivity index (χ3v) is 2.74. The number of hydrogen-bond acceptors (Lipinski definition) is 3. The van der Waals surface area contributed by atoms with Crippen LogP contribution in [0.2, 0.25) is 0 Å². The van der Waals surface area contributed by atoms with Gasteiger partial charge in [0.2, 0.25) is 5.95 Å². The van der Waals surface area contributed by atoms with Crippen LogP contribution in [0.1, 0.15) is 21.7 Å². The van der Waals surface area contributed by atoms with Gasteiger partial charge in [0.15, 0.2) is 0 Å². The minimum Gasteiger partial charge on any atom is -0.319 e. The standard InChI is InChI=1S/C12H13FN4O/c1-7-11(8(2)17(3)16-7)15-12(18)9-4-5-10(13)14-6-9/h4-6H,1-3H3,(H,15,18). The molecular weight excluding hydrogens is 235 g/mol. The molecule has 0 aliphatic heterocycles. The summed E-state index contributed by atoms with van der Waals surface area (Å²) < 4.78 is 14.3. The largest absolute Gasteiger partial charge is 0.319 e. The van der Waals surface area contributed by atoms with Crippen LogP contribution < -0.4 is 5.32 Å². The van der Waals surface area contributed by atoms with Crippen molar-refractivity contribution >= 4 is 11.6 Å². The number of anilines is 1. The van der Waals surface area contributed by atoms with Gasteiger partial charge in [-0.3, -0.25) is 9.48 Å². The predicted octanol–water partition coefficient (Wildman–Crippen LogP) is 1.82. The van der Waals surface area contributed by atoms with E-state index in [0.717, 1.165) is 17.5 Å². The van der Waals surface area contributed by atoms with E-state index in [-0.39, 0.29) is 5.91 Å². The molecular formula is C12H13FN4O. The molecule has 1 N–H and O–H groups in total. The van der Waals surface area contributed by atoms with E-state index in [4.69, 9.17) is 0 Å². The second kappa shape index (κ2) is 4.56. The number of aromatic nitrogens is 3. The van der Waals surface area contributed by atoms with Crippen molar-refractivity contribution in [1.82, 2.24) is 14.8 Å². The third kappa shape index (κ3) is 2.22.